The second-order valence-corrected chi connectivity index (χ2v) is 7.71. The third kappa shape index (κ3) is 4.18. The summed E-state index contributed by atoms with van der Waals surface area (Å²) in [5.74, 6) is -1.26. The van der Waals surface area contributed by atoms with E-state index in [9.17, 15) is 29.3 Å². The molecule has 13 nitrogen and oxygen atoms in total. The number of carbonyl (C=O) groups is 1. The molecule has 1 aromatic carbocycles. The van der Waals surface area contributed by atoms with Crippen LogP contribution in [0.1, 0.15) is 11.9 Å². The maximum atomic E-state index is 14.6. The number of anilines is 1. The molecule has 4 rings (SSSR count). The first kappa shape index (κ1) is 23.2. The van der Waals surface area contributed by atoms with E-state index in [1.54, 1.807) is 0 Å². The van der Waals surface area contributed by atoms with Crippen LogP contribution in [-0.2, 0) is 16.0 Å². The molecule has 0 radical (unpaired) electrons. The minimum atomic E-state index is -2.30. The molecule has 2 aromatic heterocycles. The molecule has 0 unspecified atom stereocenters. The van der Waals surface area contributed by atoms with Gasteiger partial charge in [-0.15, -0.1) is 0 Å². The molecule has 5 N–H and O–H groups in total. The van der Waals surface area contributed by atoms with Crippen molar-refractivity contribution in [2.45, 2.75) is 36.7 Å². The Labute approximate surface area is 190 Å². The number of fused-ring (bicyclic) bond motifs is 1. The van der Waals surface area contributed by atoms with Gasteiger partial charge in [0.05, 0.1) is 6.61 Å². The number of hydrogen-bond donors (Lipinski definition) is 5. The first-order chi connectivity index (χ1) is 16.3. The van der Waals surface area contributed by atoms with E-state index in [1.807, 2.05) is 30.3 Å². The van der Waals surface area contributed by atoms with E-state index >= 15 is 0 Å². The number of carboxylic acids is 1. The van der Waals surface area contributed by atoms with E-state index in [0.29, 0.717) is 10.3 Å². The van der Waals surface area contributed by atoms with Crippen molar-refractivity contribution >= 4 is 22.7 Å². The number of nitrogens with zero attached hydrogens (tertiary/aromatic N) is 5. The Morgan fingerprint density at radius 3 is 2.85 bits per heavy atom. The lowest BCUT2D eigenvalue weighted by Crippen LogP contribution is -2.43. The first-order valence-corrected chi connectivity index (χ1v) is 10.1. The van der Waals surface area contributed by atoms with Crippen molar-refractivity contribution in [3.8, 4) is 0 Å². The molecule has 5 atom stereocenters. The molecule has 34 heavy (non-hydrogen) atoms. The number of hydrogen-bond acceptors (Lipinski definition) is 8. The predicted octanol–water partition coefficient (Wildman–Crippen LogP) is 1.06. The molecule has 1 fully saturated rings. The lowest BCUT2D eigenvalue weighted by Gasteiger charge is -2.23. The van der Waals surface area contributed by atoms with E-state index in [1.165, 1.54) is 6.07 Å². The van der Waals surface area contributed by atoms with Gasteiger partial charge >= 0.3 is 11.7 Å². The summed E-state index contributed by atoms with van der Waals surface area (Å²) in [5.41, 5.74) is 6.83. The van der Waals surface area contributed by atoms with Crippen LogP contribution in [0.15, 0.2) is 52.5 Å². The van der Waals surface area contributed by atoms with Gasteiger partial charge in [-0.1, -0.05) is 23.3 Å². The molecule has 14 heteroatoms. The fourth-order valence-corrected chi connectivity index (χ4v) is 3.81. The van der Waals surface area contributed by atoms with Crippen molar-refractivity contribution in [3.05, 3.63) is 69.2 Å². The number of benzene rings is 1. The van der Waals surface area contributed by atoms with Crippen LogP contribution in [0.5, 0.6) is 0 Å². The fourth-order valence-electron chi connectivity index (χ4n) is 3.81. The molecular weight excluding hydrogens is 453 g/mol. The van der Waals surface area contributed by atoms with Crippen molar-refractivity contribution in [2.75, 3.05) is 11.9 Å². The minimum absolute atomic E-state index is 0.0600. The highest BCUT2D eigenvalue weighted by Gasteiger charge is 2.56. The predicted molar refractivity (Wildman–Crippen MR) is 116 cm³/mol. The van der Waals surface area contributed by atoms with E-state index in [2.05, 4.69) is 25.3 Å². The molecule has 0 spiro atoms. The molecule has 0 aliphatic carbocycles. The average molecular weight is 473 g/mol. The number of rotatable bonds is 8. The summed E-state index contributed by atoms with van der Waals surface area (Å²) in [4.78, 5) is 33.6. The molecule has 1 aliphatic heterocycles. The SMILES string of the molecule is [N-]=[N+]=N[C@]1(CO)O[C@@H](n2ccc(N[C@@H](Cc3cc4ccccc4[nH]3)C(=O)O)nc2=O)[C@@H](F)[C@@H]1O. The van der Waals surface area contributed by atoms with Gasteiger partial charge in [-0.05, 0) is 29.1 Å². The van der Waals surface area contributed by atoms with Gasteiger partial charge in [0.25, 0.3) is 0 Å². The maximum Gasteiger partial charge on any atom is 0.351 e. The van der Waals surface area contributed by atoms with Gasteiger partial charge in [-0.2, -0.15) is 4.98 Å². The van der Waals surface area contributed by atoms with Crippen molar-refractivity contribution in [1.82, 2.24) is 14.5 Å². The number of aliphatic hydroxyl groups is 2. The van der Waals surface area contributed by atoms with Gasteiger partial charge < -0.3 is 30.4 Å². The average Bonchev–Trinajstić information content (AvgIpc) is 3.33. The number of carboxylic acid groups (broad SMARTS) is 1. The molecule has 1 saturated heterocycles. The Hall–Kier alpha value is -3.97. The van der Waals surface area contributed by atoms with Crippen molar-refractivity contribution in [3.63, 3.8) is 0 Å². The zero-order chi connectivity index (χ0) is 24.5. The van der Waals surface area contributed by atoms with Crippen LogP contribution >= 0.6 is 0 Å². The Kier molecular flexibility index (Phi) is 6.22. The standard InChI is InChI=1S/C20H20FN7O6/c21-15-16(30)20(9-29,26-27-22)34-17(15)28-6-5-14(25-19(28)33)24-13(18(31)32)8-11-7-10-3-1-2-4-12(10)23-11/h1-7,13,15-17,23,29-30H,8-9H2,(H,31,32)(H,24,25,33)/t13-,15-,16-,17+,20+/m0/s1. The Morgan fingerprint density at radius 1 is 1.44 bits per heavy atom. The largest absolute Gasteiger partial charge is 0.480 e. The second-order valence-electron chi connectivity index (χ2n) is 7.71. The number of aromatic amines is 1. The topological polar surface area (TPSA) is 198 Å². The third-order valence-electron chi connectivity index (χ3n) is 5.54. The zero-order valence-corrected chi connectivity index (χ0v) is 17.4. The van der Waals surface area contributed by atoms with Gasteiger partial charge in [-0.3, -0.25) is 4.57 Å². The Balaban J connectivity index is 1.54. The lowest BCUT2D eigenvalue weighted by atomic mass is 10.1. The smallest absolute Gasteiger partial charge is 0.351 e. The summed E-state index contributed by atoms with van der Waals surface area (Å²) < 4.78 is 20.6. The highest BCUT2D eigenvalue weighted by Crippen LogP contribution is 2.39. The second kappa shape index (κ2) is 9.11. The number of para-hydroxylation sites is 1. The number of halogens is 1. The monoisotopic (exact) mass is 473 g/mol. The summed E-state index contributed by atoms with van der Waals surface area (Å²) >= 11 is 0. The number of nitrogens with one attached hydrogen (secondary N) is 2. The van der Waals surface area contributed by atoms with Crippen molar-refractivity contribution in [2.24, 2.45) is 5.11 Å². The number of azide groups is 1. The Morgan fingerprint density at radius 2 is 2.21 bits per heavy atom. The third-order valence-corrected chi connectivity index (χ3v) is 5.54. The number of H-pyrrole nitrogens is 1. The number of aromatic nitrogens is 3. The maximum absolute atomic E-state index is 14.6. The van der Waals surface area contributed by atoms with E-state index in [4.69, 9.17) is 10.3 Å². The highest BCUT2D eigenvalue weighted by atomic mass is 19.1. The molecule has 0 amide bonds. The van der Waals surface area contributed by atoms with E-state index in [-0.39, 0.29) is 12.2 Å². The van der Waals surface area contributed by atoms with Crippen LogP contribution in [0.4, 0.5) is 10.2 Å². The summed E-state index contributed by atoms with van der Waals surface area (Å²) in [6.45, 7) is -1.02. The molecular formula is C20H20FN7O6. The van der Waals surface area contributed by atoms with Crippen LogP contribution in [0.25, 0.3) is 21.3 Å². The van der Waals surface area contributed by atoms with Gasteiger partial charge in [-0.25, -0.2) is 14.0 Å². The first-order valence-electron chi connectivity index (χ1n) is 10.1. The van der Waals surface area contributed by atoms with Crippen molar-refractivity contribution in [1.29, 1.82) is 0 Å². The molecule has 0 bridgehead atoms. The summed E-state index contributed by atoms with van der Waals surface area (Å²) in [6, 6.07) is 9.36. The van der Waals surface area contributed by atoms with Crippen LogP contribution in [0, 0.1) is 0 Å². The van der Waals surface area contributed by atoms with E-state index in [0.717, 1.165) is 17.1 Å². The van der Waals surface area contributed by atoms with Gasteiger partial charge in [0.2, 0.25) is 5.72 Å². The summed E-state index contributed by atoms with van der Waals surface area (Å²) in [6.07, 6.45) is -4.83. The molecule has 3 aromatic rings. The van der Waals surface area contributed by atoms with Crippen LogP contribution in [0.2, 0.25) is 0 Å². The molecule has 1 aliphatic rings. The summed E-state index contributed by atoms with van der Waals surface area (Å²) in [7, 11) is 0. The molecule has 0 saturated carbocycles. The number of aliphatic carboxylic acids is 1. The number of alkyl halides is 1. The van der Waals surface area contributed by atoms with Gasteiger partial charge in [0.1, 0.15) is 18.0 Å². The van der Waals surface area contributed by atoms with E-state index < -0.39 is 48.5 Å². The number of ether oxygens (including phenoxy) is 1. The van der Waals surface area contributed by atoms with Crippen LogP contribution in [-0.4, -0.2) is 66.5 Å². The highest BCUT2D eigenvalue weighted by molar-refractivity contribution is 5.81. The quantitative estimate of drug-likeness (QED) is 0.182. The fraction of sp³-hybridized carbons (Fsp3) is 0.350. The Bertz CT molecular complexity index is 1290. The van der Waals surface area contributed by atoms with Crippen LogP contribution in [0.3, 0.4) is 0 Å². The lowest BCUT2D eigenvalue weighted by molar-refractivity contribution is -0.137. The minimum Gasteiger partial charge on any atom is -0.480 e. The summed E-state index contributed by atoms with van der Waals surface area (Å²) in [5, 5.41) is 35.8. The van der Waals surface area contributed by atoms with Gasteiger partial charge in [0.15, 0.2) is 12.4 Å². The van der Waals surface area contributed by atoms with Crippen LogP contribution < -0.4 is 11.0 Å². The zero-order valence-electron chi connectivity index (χ0n) is 17.4. The van der Waals surface area contributed by atoms with Gasteiger partial charge in [0, 0.05) is 28.7 Å². The molecule has 3 heterocycles. The van der Waals surface area contributed by atoms with Crippen molar-refractivity contribution < 1.29 is 29.2 Å². The molecule has 178 valence electrons. The normalized spacial score (nSPS) is 25.1. The number of aliphatic hydroxyl groups excluding tert-OH is 2.